The lowest BCUT2D eigenvalue weighted by atomic mass is 9.88. The first-order chi connectivity index (χ1) is 30.8. The summed E-state index contributed by atoms with van der Waals surface area (Å²) in [5.74, 6) is 0. The van der Waals surface area contributed by atoms with Gasteiger partial charge in [-0.3, -0.25) is 0 Å². The molecule has 2 heteroatoms. The number of para-hydroxylation sites is 2. The molecule has 0 radical (unpaired) electrons. The van der Waals surface area contributed by atoms with Crippen LogP contribution in [-0.4, -0.2) is 9.13 Å². The van der Waals surface area contributed by atoms with Gasteiger partial charge < -0.3 is 9.13 Å². The zero-order valence-corrected chi connectivity index (χ0v) is 33.7. The van der Waals surface area contributed by atoms with Gasteiger partial charge in [0.15, 0.2) is 0 Å². The fourth-order valence-electron chi connectivity index (χ4n) is 11.0. The van der Waals surface area contributed by atoms with Gasteiger partial charge in [0, 0.05) is 37.7 Å². The van der Waals surface area contributed by atoms with Crippen LogP contribution in [0.1, 0.15) is 0 Å². The Morgan fingerprint density at radius 3 is 1.29 bits per heavy atom. The second kappa shape index (κ2) is 12.7. The van der Waals surface area contributed by atoms with E-state index < -0.39 is 0 Å². The SMILES string of the molecule is c1ccc2c(-n3c4ccccc4c4cc(-c5ccc6c(c5)c5ccccc5n6-c5cc6c7ccccc7c7ccccc7c6c6c5ccc5ccccc56)ccc43)cccc2c1. The van der Waals surface area contributed by atoms with Crippen LogP contribution in [-0.2, 0) is 0 Å². The Morgan fingerprint density at radius 2 is 0.645 bits per heavy atom. The monoisotopic (exact) mass is 784 g/mol. The summed E-state index contributed by atoms with van der Waals surface area (Å²) in [7, 11) is 0. The number of nitrogens with zero attached hydrogens (tertiary/aromatic N) is 2. The molecule has 286 valence electrons. The molecular formula is C60H36N2. The Balaban J connectivity index is 1.04. The van der Waals surface area contributed by atoms with Gasteiger partial charge in [0.2, 0.25) is 0 Å². The smallest absolute Gasteiger partial charge is 0.0547 e. The molecule has 12 aromatic carbocycles. The minimum atomic E-state index is 1.19. The molecule has 0 bridgehead atoms. The maximum Gasteiger partial charge on any atom is 0.0547 e. The standard InChI is InChI=1S/C60H36N2/c1-3-17-41-37(14-1)16-13-27-53(41)61-54-25-11-9-22-46(54)50-34-39(29-32-56(50)61)40-30-33-57-51(35-40)47-23-10-12-26-55(47)62(57)58-36-52-45-21-6-5-19-43(45)44-20-7-8-24-48(44)60(52)59-42-18-4-2-15-38(42)28-31-49(58)59/h1-36H. The minimum Gasteiger partial charge on any atom is -0.309 e. The van der Waals surface area contributed by atoms with Crippen molar-refractivity contribution >= 4 is 108 Å². The second-order valence-electron chi connectivity index (χ2n) is 16.8. The molecule has 0 spiro atoms. The minimum absolute atomic E-state index is 1.19. The molecule has 0 aliphatic rings. The van der Waals surface area contributed by atoms with Crippen molar-refractivity contribution in [2.45, 2.75) is 0 Å². The van der Waals surface area contributed by atoms with Crippen LogP contribution in [0.15, 0.2) is 218 Å². The quantitative estimate of drug-likeness (QED) is 0.158. The van der Waals surface area contributed by atoms with E-state index >= 15 is 0 Å². The largest absolute Gasteiger partial charge is 0.309 e. The van der Waals surface area contributed by atoms with Crippen LogP contribution in [0.2, 0.25) is 0 Å². The molecule has 0 aliphatic heterocycles. The molecule has 14 aromatic rings. The van der Waals surface area contributed by atoms with Gasteiger partial charge in [-0.25, -0.2) is 0 Å². The average Bonchev–Trinajstić information content (AvgIpc) is 3.85. The maximum atomic E-state index is 2.52. The van der Waals surface area contributed by atoms with Gasteiger partial charge in [-0.2, -0.15) is 0 Å². The summed E-state index contributed by atoms with van der Waals surface area (Å²) in [4.78, 5) is 0. The van der Waals surface area contributed by atoms with E-state index in [1.165, 1.54) is 131 Å². The first kappa shape index (κ1) is 33.6. The molecular weight excluding hydrogens is 749 g/mol. The Labute approximate surface area is 356 Å². The van der Waals surface area contributed by atoms with Crippen molar-refractivity contribution in [3.63, 3.8) is 0 Å². The van der Waals surface area contributed by atoms with Gasteiger partial charge in [0.25, 0.3) is 0 Å². The lowest BCUT2D eigenvalue weighted by Crippen LogP contribution is -1.97. The van der Waals surface area contributed by atoms with E-state index in [-0.39, 0.29) is 0 Å². The third kappa shape index (κ3) is 4.58. The van der Waals surface area contributed by atoms with E-state index in [1.54, 1.807) is 0 Å². The third-order valence-corrected chi connectivity index (χ3v) is 13.6. The number of hydrogen-bond donors (Lipinski definition) is 0. The average molecular weight is 785 g/mol. The van der Waals surface area contributed by atoms with Crippen molar-refractivity contribution in [3.05, 3.63) is 218 Å². The van der Waals surface area contributed by atoms with Crippen molar-refractivity contribution in [2.24, 2.45) is 0 Å². The molecule has 0 amide bonds. The van der Waals surface area contributed by atoms with Crippen LogP contribution < -0.4 is 0 Å². The molecule has 0 saturated carbocycles. The van der Waals surface area contributed by atoms with Gasteiger partial charge in [0.05, 0.1) is 33.4 Å². The third-order valence-electron chi connectivity index (χ3n) is 13.6. The summed E-state index contributed by atoms with van der Waals surface area (Å²) >= 11 is 0. The Kier molecular flexibility index (Phi) is 6.86. The van der Waals surface area contributed by atoms with Gasteiger partial charge in [-0.15, -0.1) is 0 Å². The van der Waals surface area contributed by atoms with E-state index in [0.717, 1.165) is 0 Å². The van der Waals surface area contributed by atoms with Crippen molar-refractivity contribution in [2.75, 3.05) is 0 Å². The van der Waals surface area contributed by atoms with Crippen LogP contribution in [0, 0.1) is 0 Å². The van der Waals surface area contributed by atoms with Crippen LogP contribution in [0.5, 0.6) is 0 Å². The molecule has 14 rings (SSSR count). The second-order valence-corrected chi connectivity index (χ2v) is 16.8. The number of benzene rings is 12. The molecule has 0 fully saturated rings. The molecule has 0 N–H and O–H groups in total. The van der Waals surface area contributed by atoms with E-state index in [1.807, 2.05) is 0 Å². The predicted molar refractivity (Wildman–Crippen MR) is 266 cm³/mol. The van der Waals surface area contributed by atoms with E-state index in [9.17, 15) is 0 Å². The molecule has 2 nitrogen and oxygen atoms in total. The highest BCUT2D eigenvalue weighted by Crippen LogP contribution is 2.46. The van der Waals surface area contributed by atoms with Crippen molar-refractivity contribution in [1.29, 1.82) is 0 Å². The molecule has 0 saturated heterocycles. The summed E-state index contributed by atoms with van der Waals surface area (Å²) in [5, 5.41) is 20.3. The number of fused-ring (bicyclic) bond motifs is 17. The van der Waals surface area contributed by atoms with Gasteiger partial charge >= 0.3 is 0 Å². The van der Waals surface area contributed by atoms with Crippen LogP contribution in [0.4, 0.5) is 0 Å². The lowest BCUT2D eigenvalue weighted by Gasteiger charge is -2.19. The fraction of sp³-hybridized carbons (Fsp3) is 0. The van der Waals surface area contributed by atoms with E-state index in [0.29, 0.717) is 0 Å². The summed E-state index contributed by atoms with van der Waals surface area (Å²) in [6.45, 7) is 0. The van der Waals surface area contributed by atoms with Crippen LogP contribution in [0.25, 0.3) is 131 Å². The van der Waals surface area contributed by atoms with Crippen LogP contribution >= 0.6 is 0 Å². The summed E-state index contributed by atoms with van der Waals surface area (Å²) < 4.78 is 4.96. The predicted octanol–water partition coefficient (Wildman–Crippen LogP) is 16.5. The molecule has 2 aromatic heterocycles. The zero-order chi connectivity index (χ0) is 40.5. The number of rotatable bonds is 3. The first-order valence-electron chi connectivity index (χ1n) is 21.5. The molecule has 0 aliphatic carbocycles. The van der Waals surface area contributed by atoms with E-state index in [2.05, 4.69) is 228 Å². The Hall–Kier alpha value is -8.20. The molecule has 62 heavy (non-hydrogen) atoms. The first-order valence-corrected chi connectivity index (χ1v) is 21.5. The van der Waals surface area contributed by atoms with Crippen molar-refractivity contribution in [1.82, 2.24) is 9.13 Å². The maximum absolute atomic E-state index is 2.52. The summed E-state index contributed by atoms with van der Waals surface area (Å²) in [6.07, 6.45) is 0. The normalized spacial score (nSPS) is 12.2. The number of aromatic nitrogens is 2. The Bertz CT molecular complexity index is 4210. The molecule has 0 unspecified atom stereocenters. The van der Waals surface area contributed by atoms with E-state index in [4.69, 9.17) is 0 Å². The van der Waals surface area contributed by atoms with Gasteiger partial charge in [-0.1, -0.05) is 170 Å². The van der Waals surface area contributed by atoms with Gasteiger partial charge in [0.1, 0.15) is 0 Å². The van der Waals surface area contributed by atoms with Crippen molar-refractivity contribution in [3.8, 4) is 22.5 Å². The highest BCUT2D eigenvalue weighted by atomic mass is 15.0. The lowest BCUT2D eigenvalue weighted by molar-refractivity contribution is 1.20. The topological polar surface area (TPSA) is 9.86 Å². The molecule has 2 heterocycles. The zero-order valence-electron chi connectivity index (χ0n) is 33.7. The number of hydrogen-bond acceptors (Lipinski definition) is 0. The fourth-order valence-corrected chi connectivity index (χ4v) is 11.0. The highest BCUT2D eigenvalue weighted by molar-refractivity contribution is 6.36. The summed E-state index contributed by atoms with van der Waals surface area (Å²) in [5.41, 5.74) is 9.63. The van der Waals surface area contributed by atoms with Gasteiger partial charge in [-0.05, 0) is 108 Å². The molecule has 0 atom stereocenters. The highest BCUT2D eigenvalue weighted by Gasteiger charge is 2.21. The van der Waals surface area contributed by atoms with Crippen LogP contribution in [0.3, 0.4) is 0 Å². The van der Waals surface area contributed by atoms with Crippen molar-refractivity contribution < 1.29 is 0 Å². The summed E-state index contributed by atoms with van der Waals surface area (Å²) in [6, 6.07) is 81.1. The Morgan fingerprint density at radius 1 is 0.210 bits per heavy atom.